The summed E-state index contributed by atoms with van der Waals surface area (Å²) in [5.41, 5.74) is 0. The van der Waals surface area contributed by atoms with Crippen LogP contribution < -0.4 is 0 Å². The van der Waals surface area contributed by atoms with Crippen LogP contribution in [0.1, 0.15) is 64.2 Å². The minimum absolute atomic E-state index is 0.113. The summed E-state index contributed by atoms with van der Waals surface area (Å²) in [5, 5.41) is 0. The van der Waals surface area contributed by atoms with Crippen molar-refractivity contribution in [3.63, 3.8) is 0 Å². The van der Waals surface area contributed by atoms with Crippen LogP contribution in [0.4, 0.5) is 4.39 Å². The molecule has 0 spiro atoms. The van der Waals surface area contributed by atoms with E-state index in [1.807, 2.05) is 0 Å². The molecule has 2 unspecified atom stereocenters. The zero-order chi connectivity index (χ0) is 10.2. The molecular formula is C12H22BrF. The van der Waals surface area contributed by atoms with Crippen molar-refractivity contribution >= 4 is 15.9 Å². The topological polar surface area (TPSA) is 0 Å². The predicted molar refractivity (Wildman–Crippen MR) is 63.8 cm³/mol. The van der Waals surface area contributed by atoms with E-state index < -0.39 is 6.17 Å². The Morgan fingerprint density at radius 1 is 0.714 bits per heavy atom. The molecule has 84 valence electrons. The number of alkyl halides is 2. The highest BCUT2D eigenvalue weighted by Crippen LogP contribution is 2.23. The second-order valence-corrected chi connectivity index (χ2v) is 5.61. The van der Waals surface area contributed by atoms with Crippen LogP contribution in [0.15, 0.2) is 0 Å². The van der Waals surface area contributed by atoms with E-state index in [9.17, 15) is 4.39 Å². The molecule has 0 bridgehead atoms. The van der Waals surface area contributed by atoms with Gasteiger partial charge in [0.05, 0.1) is 0 Å². The van der Waals surface area contributed by atoms with E-state index in [1.165, 1.54) is 44.9 Å². The fourth-order valence-electron chi connectivity index (χ4n) is 2.10. The first-order chi connectivity index (χ1) is 6.80. The highest BCUT2D eigenvalue weighted by atomic mass is 79.9. The van der Waals surface area contributed by atoms with Gasteiger partial charge in [0.15, 0.2) is 0 Å². The molecule has 1 aliphatic carbocycles. The first kappa shape index (κ1) is 12.5. The summed E-state index contributed by atoms with van der Waals surface area (Å²) < 4.78 is 13.5. The van der Waals surface area contributed by atoms with Gasteiger partial charge < -0.3 is 0 Å². The van der Waals surface area contributed by atoms with E-state index in [4.69, 9.17) is 0 Å². The second kappa shape index (κ2) is 7.67. The van der Waals surface area contributed by atoms with Crippen LogP contribution in [0.3, 0.4) is 0 Å². The Bertz CT molecular complexity index is 122. The van der Waals surface area contributed by atoms with Gasteiger partial charge in [-0.15, -0.1) is 0 Å². The lowest BCUT2D eigenvalue weighted by Gasteiger charge is -2.15. The van der Waals surface area contributed by atoms with Crippen LogP contribution >= 0.6 is 15.9 Å². The molecule has 0 radical (unpaired) electrons. The monoisotopic (exact) mass is 264 g/mol. The average Bonchev–Trinajstić information content (AvgIpc) is 2.18. The van der Waals surface area contributed by atoms with Crippen LogP contribution in [0.5, 0.6) is 0 Å². The zero-order valence-corrected chi connectivity index (χ0v) is 10.6. The van der Waals surface area contributed by atoms with Crippen molar-refractivity contribution in [1.29, 1.82) is 0 Å². The van der Waals surface area contributed by atoms with Gasteiger partial charge in [-0.25, -0.2) is 4.39 Å². The Kier molecular flexibility index (Phi) is 6.84. The van der Waals surface area contributed by atoms with E-state index in [2.05, 4.69) is 15.9 Å². The first-order valence-electron chi connectivity index (χ1n) is 6.09. The van der Waals surface area contributed by atoms with Gasteiger partial charge in [0.1, 0.15) is 6.17 Å². The molecule has 0 N–H and O–H groups in total. The van der Waals surface area contributed by atoms with Crippen molar-refractivity contribution in [3.05, 3.63) is 0 Å². The van der Waals surface area contributed by atoms with Crippen LogP contribution in [0, 0.1) is 0 Å². The van der Waals surface area contributed by atoms with Crippen molar-refractivity contribution in [3.8, 4) is 0 Å². The molecule has 0 heterocycles. The summed E-state index contributed by atoms with van der Waals surface area (Å²) in [6.45, 7) is 0. The van der Waals surface area contributed by atoms with Gasteiger partial charge in [0.25, 0.3) is 0 Å². The maximum atomic E-state index is 13.5. The highest BCUT2D eigenvalue weighted by Gasteiger charge is 2.17. The van der Waals surface area contributed by atoms with E-state index in [1.54, 1.807) is 0 Å². The zero-order valence-electron chi connectivity index (χ0n) is 8.98. The molecule has 0 saturated heterocycles. The van der Waals surface area contributed by atoms with Crippen LogP contribution in [-0.2, 0) is 0 Å². The Hall–Kier alpha value is 0.410. The van der Waals surface area contributed by atoms with Crippen molar-refractivity contribution < 1.29 is 4.39 Å². The molecule has 1 aliphatic rings. The summed E-state index contributed by atoms with van der Waals surface area (Å²) in [4.78, 5) is 0.113. The lowest BCUT2D eigenvalue weighted by atomic mass is 10.0. The Morgan fingerprint density at radius 2 is 1.14 bits per heavy atom. The SMILES string of the molecule is FC1CCCCCCCCCCC1Br. The van der Waals surface area contributed by atoms with Crippen LogP contribution in [0.2, 0.25) is 0 Å². The quantitative estimate of drug-likeness (QED) is 0.540. The number of hydrogen-bond donors (Lipinski definition) is 0. The molecule has 2 heteroatoms. The van der Waals surface area contributed by atoms with Gasteiger partial charge >= 0.3 is 0 Å². The maximum absolute atomic E-state index is 13.5. The minimum atomic E-state index is -0.616. The molecule has 2 atom stereocenters. The molecule has 0 aliphatic heterocycles. The molecular weight excluding hydrogens is 243 g/mol. The minimum Gasteiger partial charge on any atom is -0.246 e. The van der Waals surface area contributed by atoms with Crippen LogP contribution in [0.25, 0.3) is 0 Å². The number of halogens is 2. The Balaban J connectivity index is 2.23. The van der Waals surface area contributed by atoms with E-state index in [0.29, 0.717) is 0 Å². The maximum Gasteiger partial charge on any atom is 0.113 e. The standard InChI is InChI=1S/C12H22BrF/c13-11-9-7-5-3-1-2-4-6-8-10-12(11)14/h11-12H,1-10H2. The van der Waals surface area contributed by atoms with E-state index in [-0.39, 0.29) is 4.83 Å². The van der Waals surface area contributed by atoms with Gasteiger partial charge in [0, 0.05) is 4.83 Å². The second-order valence-electron chi connectivity index (χ2n) is 4.44. The highest BCUT2D eigenvalue weighted by molar-refractivity contribution is 9.09. The van der Waals surface area contributed by atoms with Gasteiger partial charge in [-0.1, -0.05) is 67.3 Å². The first-order valence-corrected chi connectivity index (χ1v) is 7.00. The fraction of sp³-hybridized carbons (Fsp3) is 1.00. The molecule has 1 rings (SSSR count). The molecule has 0 aromatic heterocycles. The lowest BCUT2D eigenvalue weighted by Crippen LogP contribution is -2.15. The van der Waals surface area contributed by atoms with Gasteiger partial charge in [-0.3, -0.25) is 0 Å². The lowest BCUT2D eigenvalue weighted by molar-refractivity contribution is 0.288. The smallest absolute Gasteiger partial charge is 0.113 e. The van der Waals surface area contributed by atoms with Crippen molar-refractivity contribution in [1.82, 2.24) is 0 Å². The van der Waals surface area contributed by atoms with Crippen molar-refractivity contribution in [2.75, 3.05) is 0 Å². The van der Waals surface area contributed by atoms with Gasteiger partial charge in [0.2, 0.25) is 0 Å². The average molecular weight is 265 g/mol. The third-order valence-corrected chi connectivity index (χ3v) is 4.13. The predicted octanol–water partition coefficient (Wildman–Crippen LogP) is 5.00. The van der Waals surface area contributed by atoms with E-state index >= 15 is 0 Å². The molecule has 1 saturated carbocycles. The summed E-state index contributed by atoms with van der Waals surface area (Å²) in [5.74, 6) is 0. The number of hydrogen-bond acceptors (Lipinski definition) is 0. The molecule has 14 heavy (non-hydrogen) atoms. The van der Waals surface area contributed by atoms with Gasteiger partial charge in [-0.2, -0.15) is 0 Å². The molecule has 1 fully saturated rings. The van der Waals surface area contributed by atoms with Crippen molar-refractivity contribution in [2.24, 2.45) is 0 Å². The Labute approximate surface area is 95.8 Å². The van der Waals surface area contributed by atoms with Crippen LogP contribution in [-0.4, -0.2) is 11.0 Å². The summed E-state index contributed by atoms with van der Waals surface area (Å²) in [6, 6.07) is 0. The molecule has 0 nitrogen and oxygen atoms in total. The third-order valence-electron chi connectivity index (χ3n) is 3.10. The van der Waals surface area contributed by atoms with Gasteiger partial charge in [-0.05, 0) is 12.8 Å². The summed E-state index contributed by atoms with van der Waals surface area (Å²) in [6.07, 6.45) is 11.3. The molecule has 0 amide bonds. The molecule has 0 aromatic carbocycles. The summed E-state index contributed by atoms with van der Waals surface area (Å²) in [7, 11) is 0. The fourth-order valence-corrected chi connectivity index (χ4v) is 2.69. The largest absolute Gasteiger partial charge is 0.246 e. The number of rotatable bonds is 0. The van der Waals surface area contributed by atoms with E-state index in [0.717, 1.165) is 19.3 Å². The summed E-state index contributed by atoms with van der Waals surface area (Å²) >= 11 is 3.47. The Morgan fingerprint density at radius 3 is 1.71 bits per heavy atom. The third kappa shape index (κ3) is 5.33. The normalized spacial score (nSPS) is 33.0. The van der Waals surface area contributed by atoms with Crippen molar-refractivity contribution in [2.45, 2.75) is 75.2 Å². The molecule has 0 aromatic rings.